The van der Waals surface area contributed by atoms with Crippen LogP contribution in [-0.4, -0.2) is 24.1 Å². The van der Waals surface area contributed by atoms with Gasteiger partial charge in [0.15, 0.2) is 0 Å². The van der Waals surface area contributed by atoms with E-state index in [0.29, 0.717) is 0 Å². The van der Waals surface area contributed by atoms with Crippen LogP contribution >= 0.6 is 0 Å². The fourth-order valence-corrected chi connectivity index (χ4v) is 3.72. The highest BCUT2D eigenvalue weighted by Gasteiger charge is 2.27. The van der Waals surface area contributed by atoms with Gasteiger partial charge in [-0.3, -0.25) is 4.79 Å². The maximum absolute atomic E-state index is 13.2. The molecule has 3 rings (SSSR count). The van der Waals surface area contributed by atoms with Crippen molar-refractivity contribution in [3.05, 3.63) is 71.3 Å². The Kier molecular flexibility index (Phi) is 6.57. The van der Waals surface area contributed by atoms with E-state index in [1.54, 1.807) is 0 Å². The number of benzene rings is 2. The van der Waals surface area contributed by atoms with E-state index in [1.807, 2.05) is 63.2 Å². The lowest BCUT2D eigenvalue weighted by molar-refractivity contribution is -0.123. The van der Waals surface area contributed by atoms with Crippen LogP contribution in [0.15, 0.2) is 54.6 Å². The first-order valence-corrected chi connectivity index (χ1v) is 10.2. The second-order valence-electron chi connectivity index (χ2n) is 8.50. The number of fused-ring (bicyclic) bond motifs is 1. The van der Waals surface area contributed by atoms with Crippen molar-refractivity contribution in [2.24, 2.45) is 0 Å². The third-order valence-electron chi connectivity index (χ3n) is 5.05. The Bertz CT molecular complexity index is 843. The third-order valence-corrected chi connectivity index (χ3v) is 5.05. The van der Waals surface area contributed by atoms with Gasteiger partial charge in [-0.2, -0.15) is 0 Å². The highest BCUT2D eigenvalue weighted by atomic mass is 16.6. The number of amides is 2. The van der Waals surface area contributed by atoms with Crippen molar-refractivity contribution in [2.75, 3.05) is 6.54 Å². The molecule has 0 aromatic heterocycles. The van der Waals surface area contributed by atoms with Gasteiger partial charge in [0.1, 0.15) is 5.60 Å². The van der Waals surface area contributed by atoms with E-state index in [9.17, 15) is 9.59 Å². The molecule has 2 amide bonds. The fraction of sp³-hybridized carbons (Fsp3) is 0.417. The lowest BCUT2D eigenvalue weighted by atomic mass is 9.87. The first-order valence-electron chi connectivity index (χ1n) is 10.2. The van der Waals surface area contributed by atoms with Crippen LogP contribution in [0.25, 0.3) is 0 Å². The molecular weight excluding hydrogens is 364 g/mol. The highest BCUT2D eigenvalue weighted by molar-refractivity contribution is 5.85. The number of carbonyl (C=O) groups excluding carboxylic acids is 2. The molecule has 0 radical (unpaired) electrons. The Labute approximate surface area is 172 Å². The summed E-state index contributed by atoms with van der Waals surface area (Å²) < 4.78 is 5.32. The molecule has 2 atom stereocenters. The highest BCUT2D eigenvalue weighted by Crippen LogP contribution is 2.30. The number of ether oxygens (including phenoxy) is 1. The van der Waals surface area contributed by atoms with E-state index in [2.05, 4.69) is 22.8 Å². The van der Waals surface area contributed by atoms with Crippen molar-refractivity contribution >= 4 is 12.0 Å². The minimum atomic E-state index is -0.583. The summed E-state index contributed by atoms with van der Waals surface area (Å²) >= 11 is 0. The second-order valence-corrected chi connectivity index (χ2v) is 8.50. The van der Waals surface area contributed by atoms with Crippen molar-refractivity contribution in [3.63, 3.8) is 0 Å². The molecule has 0 unspecified atom stereocenters. The molecule has 0 heterocycles. The number of alkyl carbamates (subject to hydrolysis) is 1. The van der Waals surface area contributed by atoms with Gasteiger partial charge in [-0.15, -0.1) is 0 Å². The van der Waals surface area contributed by atoms with Gasteiger partial charge in [-0.1, -0.05) is 54.6 Å². The van der Waals surface area contributed by atoms with Gasteiger partial charge in [0, 0.05) is 6.54 Å². The van der Waals surface area contributed by atoms with Gasteiger partial charge in [0.05, 0.1) is 12.0 Å². The minimum Gasteiger partial charge on any atom is -0.444 e. The van der Waals surface area contributed by atoms with E-state index in [0.717, 1.165) is 24.8 Å². The van der Waals surface area contributed by atoms with Crippen molar-refractivity contribution in [2.45, 2.75) is 57.6 Å². The molecule has 1 aliphatic rings. The topological polar surface area (TPSA) is 67.4 Å². The quantitative estimate of drug-likeness (QED) is 0.785. The number of rotatable bonds is 5. The summed E-state index contributed by atoms with van der Waals surface area (Å²) in [4.78, 5) is 25.3. The summed E-state index contributed by atoms with van der Waals surface area (Å²) in [7, 11) is 0. The zero-order valence-electron chi connectivity index (χ0n) is 17.4. The molecule has 1 aliphatic carbocycles. The van der Waals surface area contributed by atoms with Crippen LogP contribution in [0.5, 0.6) is 0 Å². The van der Waals surface area contributed by atoms with Gasteiger partial charge in [0.2, 0.25) is 5.91 Å². The number of carbonyl (C=O) groups is 2. The maximum Gasteiger partial charge on any atom is 0.407 e. The minimum absolute atomic E-state index is 0.000175. The van der Waals surface area contributed by atoms with E-state index in [4.69, 9.17) is 4.74 Å². The number of hydrogen-bond donors (Lipinski definition) is 2. The molecule has 0 aliphatic heterocycles. The Hall–Kier alpha value is -2.82. The summed E-state index contributed by atoms with van der Waals surface area (Å²) in [5.41, 5.74) is 2.77. The average molecular weight is 395 g/mol. The molecule has 0 fully saturated rings. The molecule has 0 saturated heterocycles. The normalized spacial score (nSPS) is 17.0. The van der Waals surface area contributed by atoms with Crippen LogP contribution in [0.4, 0.5) is 4.79 Å². The Balaban J connectivity index is 1.73. The molecule has 2 aromatic rings. The standard InChI is InChI=1S/C24H30N2O3/c1-24(2,3)29-23(28)25-16-20(18-10-5-4-6-11-18)22(27)26-21-15-9-13-17-12-7-8-14-19(17)21/h4-8,10-12,14,20-21H,9,13,15-16H2,1-3H3,(H,25,28)(H,26,27)/t20-,21+/m1/s1. The van der Waals surface area contributed by atoms with E-state index in [1.165, 1.54) is 11.1 Å². The molecule has 29 heavy (non-hydrogen) atoms. The molecule has 5 heteroatoms. The molecule has 0 spiro atoms. The second kappa shape index (κ2) is 9.12. The Morgan fingerprint density at radius 2 is 1.76 bits per heavy atom. The largest absolute Gasteiger partial charge is 0.444 e. The SMILES string of the molecule is CC(C)(C)OC(=O)NC[C@@H](C(=O)N[C@H]1CCCc2ccccc21)c1ccccc1. The van der Waals surface area contributed by atoms with Crippen LogP contribution in [0, 0.1) is 0 Å². The Morgan fingerprint density at radius 3 is 2.48 bits per heavy atom. The Morgan fingerprint density at radius 1 is 1.07 bits per heavy atom. The molecular formula is C24H30N2O3. The molecule has 0 bridgehead atoms. The summed E-state index contributed by atoms with van der Waals surface area (Å²) in [6.07, 6.45) is 2.50. The summed E-state index contributed by atoms with van der Waals surface area (Å²) in [5, 5.41) is 5.97. The van der Waals surface area contributed by atoms with Gasteiger partial charge in [-0.05, 0) is 56.7 Å². The maximum atomic E-state index is 13.2. The van der Waals surface area contributed by atoms with Crippen LogP contribution < -0.4 is 10.6 Å². The first kappa shape index (κ1) is 20.9. The fourth-order valence-electron chi connectivity index (χ4n) is 3.72. The monoisotopic (exact) mass is 394 g/mol. The molecule has 2 N–H and O–H groups in total. The van der Waals surface area contributed by atoms with Crippen LogP contribution in [0.3, 0.4) is 0 Å². The average Bonchev–Trinajstić information content (AvgIpc) is 2.68. The zero-order valence-corrected chi connectivity index (χ0v) is 17.4. The van der Waals surface area contributed by atoms with Gasteiger partial charge < -0.3 is 15.4 Å². The van der Waals surface area contributed by atoms with Gasteiger partial charge >= 0.3 is 6.09 Å². The van der Waals surface area contributed by atoms with Crippen LogP contribution in [0.1, 0.15) is 62.3 Å². The summed E-state index contributed by atoms with van der Waals surface area (Å²) in [6.45, 7) is 5.62. The van der Waals surface area contributed by atoms with Gasteiger partial charge in [-0.25, -0.2) is 4.79 Å². The van der Waals surface area contributed by atoms with Gasteiger partial charge in [0.25, 0.3) is 0 Å². The molecule has 0 saturated carbocycles. The zero-order chi connectivity index (χ0) is 20.9. The molecule has 2 aromatic carbocycles. The van der Waals surface area contributed by atoms with Crippen molar-refractivity contribution < 1.29 is 14.3 Å². The lowest BCUT2D eigenvalue weighted by Gasteiger charge is -2.28. The first-order chi connectivity index (χ1) is 13.8. The summed E-state index contributed by atoms with van der Waals surface area (Å²) in [6, 6.07) is 17.8. The third kappa shape index (κ3) is 5.83. The number of hydrogen-bond acceptors (Lipinski definition) is 3. The predicted molar refractivity (Wildman–Crippen MR) is 114 cm³/mol. The molecule has 5 nitrogen and oxygen atoms in total. The van der Waals surface area contributed by atoms with Crippen molar-refractivity contribution in [1.29, 1.82) is 0 Å². The summed E-state index contributed by atoms with van der Waals surface area (Å²) in [5.74, 6) is -0.577. The van der Waals surface area contributed by atoms with Crippen molar-refractivity contribution in [3.8, 4) is 0 Å². The van der Waals surface area contributed by atoms with Crippen molar-refractivity contribution in [1.82, 2.24) is 10.6 Å². The lowest BCUT2D eigenvalue weighted by Crippen LogP contribution is -2.41. The number of aryl methyl sites for hydroxylation is 1. The van der Waals surface area contributed by atoms with Crippen LogP contribution in [-0.2, 0) is 16.0 Å². The predicted octanol–water partition coefficient (Wildman–Crippen LogP) is 4.49. The van der Waals surface area contributed by atoms with E-state index < -0.39 is 17.6 Å². The van der Waals surface area contributed by atoms with E-state index >= 15 is 0 Å². The van der Waals surface area contributed by atoms with Crippen LogP contribution in [0.2, 0.25) is 0 Å². The smallest absolute Gasteiger partial charge is 0.407 e. The van der Waals surface area contributed by atoms with E-state index in [-0.39, 0.29) is 18.5 Å². The number of nitrogens with one attached hydrogen (secondary N) is 2. The molecule has 154 valence electrons.